The molecule has 2 rings (SSSR count). The topological polar surface area (TPSA) is 49.6 Å². The number of hydrogen-bond donors (Lipinski definition) is 1. The zero-order valence-electron chi connectivity index (χ0n) is 12.0. The first-order valence-corrected chi connectivity index (χ1v) is 7.16. The quantitative estimate of drug-likeness (QED) is 0.800. The van der Waals surface area contributed by atoms with E-state index in [0.29, 0.717) is 6.04 Å². The molecule has 104 valence electrons. The maximum absolute atomic E-state index is 12.7. The second-order valence-corrected chi connectivity index (χ2v) is 6.39. The van der Waals surface area contributed by atoms with Gasteiger partial charge in [-0.3, -0.25) is 4.79 Å². The van der Waals surface area contributed by atoms with Crippen LogP contribution in [0.3, 0.4) is 0 Å². The number of piperidine rings is 1. The Kier molecular flexibility index (Phi) is 3.97. The number of rotatable bonds is 2. The van der Waals surface area contributed by atoms with Gasteiger partial charge in [0.1, 0.15) is 0 Å². The van der Waals surface area contributed by atoms with Crippen molar-refractivity contribution < 1.29 is 4.79 Å². The minimum Gasteiger partial charge on any atom is -0.341 e. The van der Waals surface area contributed by atoms with Gasteiger partial charge in [-0.25, -0.2) is 0 Å². The van der Waals surface area contributed by atoms with Crippen molar-refractivity contribution in [2.24, 2.45) is 11.1 Å². The average molecular weight is 253 g/mol. The fourth-order valence-corrected chi connectivity index (χ4v) is 3.48. The Morgan fingerprint density at radius 2 is 2.11 bits per heavy atom. The van der Waals surface area contributed by atoms with E-state index in [4.69, 9.17) is 5.73 Å². The Morgan fingerprint density at radius 1 is 1.39 bits per heavy atom. The van der Waals surface area contributed by atoms with E-state index in [2.05, 4.69) is 18.9 Å². The summed E-state index contributed by atoms with van der Waals surface area (Å²) in [5, 5.41) is 0. The molecule has 2 aliphatic rings. The average Bonchev–Trinajstić information content (AvgIpc) is 2.69. The SMILES string of the molecule is CN1CCCC(N(C)C(=O)C2(C)CCCC2N)C1. The molecule has 0 radical (unpaired) electrons. The Labute approximate surface area is 110 Å². The number of carbonyl (C=O) groups is 1. The number of likely N-dealkylation sites (tertiary alicyclic amines) is 1. The summed E-state index contributed by atoms with van der Waals surface area (Å²) >= 11 is 0. The highest BCUT2D eigenvalue weighted by Gasteiger charge is 2.45. The molecule has 1 aliphatic carbocycles. The Hall–Kier alpha value is -0.610. The van der Waals surface area contributed by atoms with Gasteiger partial charge in [0.15, 0.2) is 0 Å². The molecule has 2 N–H and O–H groups in total. The van der Waals surface area contributed by atoms with Crippen molar-refractivity contribution in [1.82, 2.24) is 9.80 Å². The van der Waals surface area contributed by atoms with Gasteiger partial charge >= 0.3 is 0 Å². The summed E-state index contributed by atoms with van der Waals surface area (Å²) < 4.78 is 0. The van der Waals surface area contributed by atoms with Crippen molar-refractivity contribution >= 4 is 5.91 Å². The van der Waals surface area contributed by atoms with Gasteiger partial charge in [0, 0.05) is 25.7 Å². The highest BCUT2D eigenvalue weighted by atomic mass is 16.2. The minimum absolute atomic E-state index is 0.0359. The van der Waals surface area contributed by atoms with Crippen LogP contribution in [-0.2, 0) is 4.79 Å². The van der Waals surface area contributed by atoms with Crippen molar-refractivity contribution in [2.75, 3.05) is 27.2 Å². The summed E-state index contributed by atoms with van der Waals surface area (Å²) in [6, 6.07) is 0.398. The minimum atomic E-state index is -0.329. The first-order chi connectivity index (χ1) is 8.45. The van der Waals surface area contributed by atoms with Crippen molar-refractivity contribution in [3.05, 3.63) is 0 Å². The maximum Gasteiger partial charge on any atom is 0.230 e. The van der Waals surface area contributed by atoms with Crippen LogP contribution in [0.5, 0.6) is 0 Å². The van der Waals surface area contributed by atoms with E-state index < -0.39 is 0 Å². The molecule has 3 unspecified atom stereocenters. The lowest BCUT2D eigenvalue weighted by atomic mass is 9.83. The summed E-state index contributed by atoms with van der Waals surface area (Å²) in [5.74, 6) is 0.257. The fourth-order valence-electron chi connectivity index (χ4n) is 3.48. The lowest BCUT2D eigenvalue weighted by Crippen LogP contribution is -2.54. The van der Waals surface area contributed by atoms with E-state index in [-0.39, 0.29) is 17.4 Å². The first-order valence-electron chi connectivity index (χ1n) is 7.16. The monoisotopic (exact) mass is 253 g/mol. The maximum atomic E-state index is 12.7. The normalized spacial score (nSPS) is 37.8. The Balaban J connectivity index is 2.04. The second-order valence-electron chi connectivity index (χ2n) is 6.39. The van der Waals surface area contributed by atoms with Crippen LogP contribution >= 0.6 is 0 Å². The summed E-state index contributed by atoms with van der Waals surface area (Å²) in [6.45, 7) is 4.19. The highest BCUT2D eigenvalue weighted by molar-refractivity contribution is 5.83. The lowest BCUT2D eigenvalue weighted by Gasteiger charge is -2.40. The molecule has 18 heavy (non-hydrogen) atoms. The molecule has 1 saturated heterocycles. The standard InChI is InChI=1S/C14H27N3O/c1-14(8-4-7-12(14)15)13(18)17(3)11-6-5-9-16(2)10-11/h11-12H,4-10,15H2,1-3H3. The molecule has 4 nitrogen and oxygen atoms in total. The first kappa shape index (κ1) is 13.8. The summed E-state index contributed by atoms with van der Waals surface area (Å²) in [7, 11) is 4.09. The van der Waals surface area contributed by atoms with Crippen LogP contribution in [0.1, 0.15) is 39.0 Å². The van der Waals surface area contributed by atoms with Crippen LogP contribution < -0.4 is 5.73 Å². The van der Waals surface area contributed by atoms with Crippen LogP contribution in [0.2, 0.25) is 0 Å². The van der Waals surface area contributed by atoms with Crippen molar-refractivity contribution in [3.8, 4) is 0 Å². The molecule has 2 fully saturated rings. The van der Waals surface area contributed by atoms with E-state index >= 15 is 0 Å². The van der Waals surface area contributed by atoms with Gasteiger partial charge in [0.2, 0.25) is 5.91 Å². The van der Waals surface area contributed by atoms with Crippen molar-refractivity contribution in [1.29, 1.82) is 0 Å². The van der Waals surface area contributed by atoms with Gasteiger partial charge in [-0.15, -0.1) is 0 Å². The molecule has 0 aromatic carbocycles. The molecular formula is C14H27N3O. The van der Waals surface area contributed by atoms with E-state index in [1.54, 1.807) is 0 Å². The van der Waals surface area contributed by atoms with E-state index in [9.17, 15) is 4.79 Å². The fraction of sp³-hybridized carbons (Fsp3) is 0.929. The number of amides is 1. The predicted molar refractivity (Wildman–Crippen MR) is 73.2 cm³/mol. The molecule has 0 aromatic rings. The molecule has 4 heteroatoms. The third-order valence-electron chi connectivity index (χ3n) is 4.99. The number of carbonyl (C=O) groups excluding carboxylic acids is 1. The van der Waals surface area contributed by atoms with Crippen LogP contribution in [0.25, 0.3) is 0 Å². The molecule has 0 bridgehead atoms. The molecular weight excluding hydrogens is 226 g/mol. The lowest BCUT2D eigenvalue weighted by molar-refractivity contribution is -0.143. The molecule has 1 amide bonds. The van der Waals surface area contributed by atoms with Gasteiger partial charge in [0.05, 0.1) is 5.41 Å². The summed E-state index contributed by atoms with van der Waals surface area (Å²) in [5.41, 5.74) is 5.82. The van der Waals surface area contributed by atoms with Gasteiger partial charge in [-0.05, 0) is 46.2 Å². The summed E-state index contributed by atoms with van der Waals surface area (Å²) in [6.07, 6.45) is 5.32. The molecule has 3 atom stereocenters. The van der Waals surface area contributed by atoms with Crippen LogP contribution in [-0.4, -0.2) is 55.0 Å². The molecule has 1 heterocycles. The van der Waals surface area contributed by atoms with E-state index in [1.807, 2.05) is 11.9 Å². The zero-order valence-corrected chi connectivity index (χ0v) is 12.0. The second kappa shape index (κ2) is 5.17. The number of nitrogens with zero attached hydrogens (tertiary/aromatic N) is 2. The van der Waals surface area contributed by atoms with E-state index in [1.165, 1.54) is 6.42 Å². The van der Waals surface area contributed by atoms with Crippen molar-refractivity contribution in [3.63, 3.8) is 0 Å². The number of nitrogens with two attached hydrogens (primary N) is 1. The highest BCUT2D eigenvalue weighted by Crippen LogP contribution is 2.38. The molecule has 0 aromatic heterocycles. The van der Waals surface area contributed by atoms with Gasteiger partial charge in [-0.1, -0.05) is 6.42 Å². The largest absolute Gasteiger partial charge is 0.341 e. The molecule has 0 spiro atoms. The zero-order chi connectivity index (χ0) is 13.3. The van der Waals surface area contributed by atoms with Gasteiger partial charge < -0.3 is 15.5 Å². The summed E-state index contributed by atoms with van der Waals surface area (Å²) in [4.78, 5) is 17.0. The number of likely N-dealkylation sites (N-methyl/N-ethyl adjacent to an activating group) is 2. The molecule has 1 saturated carbocycles. The van der Waals surface area contributed by atoms with Crippen molar-refractivity contribution in [2.45, 2.75) is 51.1 Å². The van der Waals surface area contributed by atoms with Gasteiger partial charge in [-0.2, -0.15) is 0 Å². The van der Waals surface area contributed by atoms with Crippen LogP contribution in [0, 0.1) is 5.41 Å². The Morgan fingerprint density at radius 3 is 2.67 bits per heavy atom. The van der Waals surface area contributed by atoms with Crippen LogP contribution in [0.4, 0.5) is 0 Å². The third kappa shape index (κ3) is 2.41. The van der Waals surface area contributed by atoms with Gasteiger partial charge in [0.25, 0.3) is 0 Å². The Bertz CT molecular complexity index is 320. The van der Waals surface area contributed by atoms with Crippen LogP contribution in [0.15, 0.2) is 0 Å². The smallest absolute Gasteiger partial charge is 0.230 e. The number of hydrogen-bond acceptors (Lipinski definition) is 3. The third-order valence-corrected chi connectivity index (χ3v) is 4.99. The van der Waals surface area contributed by atoms with E-state index in [0.717, 1.165) is 38.8 Å². The molecule has 1 aliphatic heterocycles. The predicted octanol–water partition coefficient (Wildman–Crippen LogP) is 1.06.